The second-order valence-electron chi connectivity index (χ2n) is 7.36. The predicted molar refractivity (Wildman–Crippen MR) is 124 cm³/mol. The van der Waals surface area contributed by atoms with Crippen molar-refractivity contribution < 1.29 is 5.11 Å². The number of nitrogens with one attached hydrogen (secondary N) is 1. The van der Waals surface area contributed by atoms with Crippen molar-refractivity contribution in [3.05, 3.63) is 70.6 Å². The molecule has 2 N–H and O–H groups in total. The Labute approximate surface area is 180 Å². The average molecular weight is 424 g/mol. The van der Waals surface area contributed by atoms with Crippen LogP contribution in [0.3, 0.4) is 0 Å². The zero-order chi connectivity index (χ0) is 21.3. The fraction of sp³-hybridized carbons (Fsp3) is 0.273. The lowest BCUT2D eigenvalue weighted by atomic mass is 10.2. The zero-order valence-electron chi connectivity index (χ0n) is 17.1. The van der Waals surface area contributed by atoms with Crippen molar-refractivity contribution in [3.8, 4) is 11.4 Å². The van der Waals surface area contributed by atoms with Gasteiger partial charge >= 0.3 is 0 Å². The van der Waals surface area contributed by atoms with Crippen molar-refractivity contribution in [2.75, 3.05) is 36.4 Å². The van der Waals surface area contributed by atoms with Gasteiger partial charge in [0.25, 0.3) is 5.56 Å². The molecule has 156 valence electrons. The summed E-state index contributed by atoms with van der Waals surface area (Å²) in [7, 11) is 1.87. The van der Waals surface area contributed by atoms with Crippen molar-refractivity contribution in [1.82, 2.24) is 14.3 Å². The summed E-state index contributed by atoms with van der Waals surface area (Å²) in [5, 5.41) is 13.2. The van der Waals surface area contributed by atoms with E-state index in [2.05, 4.69) is 15.1 Å². The van der Waals surface area contributed by atoms with E-state index in [0.717, 1.165) is 43.2 Å². The van der Waals surface area contributed by atoms with Crippen LogP contribution < -0.4 is 15.8 Å². The van der Waals surface area contributed by atoms with E-state index in [4.69, 9.17) is 12.2 Å². The Morgan fingerprint density at radius 1 is 0.967 bits per heavy atom. The third kappa shape index (κ3) is 3.78. The number of hydrogen-bond donors (Lipinski definition) is 2. The van der Waals surface area contributed by atoms with Crippen molar-refractivity contribution >= 4 is 28.7 Å². The summed E-state index contributed by atoms with van der Waals surface area (Å²) >= 11 is 5.62. The standard InChI is InChI=1S/C22H25N5O2S/c1-16-20(21(29)27(24(16)2)18-6-4-3-5-7-18)23-22(30)26-14-12-25(13-15-26)17-8-10-19(28)11-9-17/h3-11,28H,12-15H2,1-2H3,(H,23,30). The van der Waals surface area contributed by atoms with Crippen LogP contribution in [0.2, 0.25) is 0 Å². The van der Waals surface area contributed by atoms with Crippen LogP contribution in [-0.4, -0.2) is 50.7 Å². The van der Waals surface area contributed by atoms with Gasteiger partial charge in [-0.1, -0.05) is 18.2 Å². The van der Waals surface area contributed by atoms with Gasteiger partial charge in [-0.05, 0) is 55.5 Å². The van der Waals surface area contributed by atoms with Crippen LogP contribution in [0.1, 0.15) is 5.69 Å². The number of aromatic nitrogens is 2. The number of hydrogen-bond acceptors (Lipinski definition) is 4. The molecule has 4 rings (SSSR count). The van der Waals surface area contributed by atoms with E-state index in [-0.39, 0.29) is 11.3 Å². The van der Waals surface area contributed by atoms with Crippen molar-refractivity contribution in [3.63, 3.8) is 0 Å². The van der Waals surface area contributed by atoms with Gasteiger partial charge in [0.15, 0.2) is 5.11 Å². The van der Waals surface area contributed by atoms with Crippen LogP contribution in [0.25, 0.3) is 5.69 Å². The zero-order valence-corrected chi connectivity index (χ0v) is 17.9. The summed E-state index contributed by atoms with van der Waals surface area (Å²) in [6.07, 6.45) is 0. The van der Waals surface area contributed by atoms with E-state index in [1.54, 1.807) is 16.8 Å². The number of benzene rings is 2. The highest BCUT2D eigenvalue weighted by Gasteiger charge is 2.22. The Balaban J connectivity index is 1.46. The minimum absolute atomic E-state index is 0.119. The number of phenols is 1. The van der Waals surface area contributed by atoms with E-state index in [1.165, 1.54) is 0 Å². The molecule has 2 heterocycles. The van der Waals surface area contributed by atoms with Crippen LogP contribution >= 0.6 is 12.2 Å². The van der Waals surface area contributed by atoms with Crippen LogP contribution in [0, 0.1) is 6.92 Å². The number of aromatic hydroxyl groups is 1. The Hall–Kier alpha value is -3.26. The second-order valence-corrected chi connectivity index (χ2v) is 7.74. The van der Waals surface area contributed by atoms with E-state index >= 15 is 0 Å². The lowest BCUT2D eigenvalue weighted by Gasteiger charge is -2.37. The van der Waals surface area contributed by atoms with Gasteiger partial charge in [0.05, 0.1) is 11.4 Å². The normalized spacial score (nSPS) is 14.1. The highest BCUT2D eigenvalue weighted by atomic mass is 32.1. The second kappa shape index (κ2) is 8.23. The maximum Gasteiger partial charge on any atom is 0.295 e. The number of nitrogens with zero attached hydrogens (tertiary/aromatic N) is 4. The molecule has 0 saturated carbocycles. The topological polar surface area (TPSA) is 65.7 Å². The van der Waals surface area contributed by atoms with Crippen molar-refractivity contribution in [1.29, 1.82) is 0 Å². The monoisotopic (exact) mass is 423 g/mol. The fourth-order valence-electron chi connectivity index (χ4n) is 3.73. The molecule has 0 radical (unpaired) electrons. The Bertz CT molecular complexity index is 1100. The first-order valence-corrected chi connectivity index (χ1v) is 10.3. The molecule has 8 heteroatoms. The molecule has 2 aromatic carbocycles. The van der Waals surface area contributed by atoms with Gasteiger partial charge in [-0.2, -0.15) is 0 Å². The smallest absolute Gasteiger partial charge is 0.295 e. The first-order valence-electron chi connectivity index (χ1n) is 9.89. The van der Waals surface area contributed by atoms with Gasteiger partial charge < -0.3 is 20.2 Å². The van der Waals surface area contributed by atoms with E-state index in [1.807, 2.05) is 61.1 Å². The van der Waals surface area contributed by atoms with E-state index < -0.39 is 0 Å². The first-order chi connectivity index (χ1) is 14.5. The number of phenolic OH excluding ortho intramolecular Hbond substituents is 1. The molecule has 1 aromatic heterocycles. The quantitative estimate of drug-likeness (QED) is 0.632. The summed E-state index contributed by atoms with van der Waals surface area (Å²) in [5.74, 6) is 0.266. The summed E-state index contributed by atoms with van der Waals surface area (Å²) in [6, 6.07) is 16.8. The molecule has 0 unspecified atom stereocenters. The number of anilines is 2. The maximum absolute atomic E-state index is 13.1. The third-order valence-corrected chi connectivity index (χ3v) is 5.93. The average Bonchev–Trinajstić information content (AvgIpc) is 2.98. The minimum atomic E-state index is -0.119. The summed E-state index contributed by atoms with van der Waals surface area (Å²) in [5.41, 5.74) is 3.11. The van der Waals surface area contributed by atoms with E-state index in [9.17, 15) is 9.90 Å². The Morgan fingerprint density at radius 3 is 2.23 bits per heavy atom. The van der Waals surface area contributed by atoms with Crippen LogP contribution in [-0.2, 0) is 7.05 Å². The molecule has 0 amide bonds. The number of piperazine rings is 1. The van der Waals surface area contributed by atoms with Gasteiger partial charge in [0.2, 0.25) is 0 Å². The number of rotatable bonds is 3. The molecule has 1 aliphatic rings. The molecule has 0 atom stereocenters. The molecule has 1 saturated heterocycles. The predicted octanol–water partition coefficient (Wildman–Crippen LogP) is 2.71. The van der Waals surface area contributed by atoms with Crippen molar-refractivity contribution in [2.24, 2.45) is 7.05 Å². The molecular weight excluding hydrogens is 398 g/mol. The number of thiocarbonyl (C=S) groups is 1. The molecular formula is C22H25N5O2S. The molecule has 0 bridgehead atoms. The van der Waals surface area contributed by atoms with Gasteiger partial charge in [-0.15, -0.1) is 0 Å². The molecule has 30 heavy (non-hydrogen) atoms. The highest BCUT2D eigenvalue weighted by Crippen LogP contribution is 2.20. The summed E-state index contributed by atoms with van der Waals surface area (Å²) < 4.78 is 3.48. The molecule has 3 aromatic rings. The first kappa shape index (κ1) is 20.0. The fourth-order valence-corrected chi connectivity index (χ4v) is 4.01. The van der Waals surface area contributed by atoms with Crippen molar-refractivity contribution in [2.45, 2.75) is 6.92 Å². The SMILES string of the molecule is Cc1c(NC(=S)N2CCN(c3ccc(O)cc3)CC2)c(=O)n(-c2ccccc2)n1C. The minimum Gasteiger partial charge on any atom is -0.508 e. The van der Waals surface area contributed by atoms with Gasteiger partial charge in [-0.25, -0.2) is 4.68 Å². The molecule has 1 fully saturated rings. The Kier molecular flexibility index (Phi) is 5.50. The van der Waals surface area contributed by atoms with Gasteiger partial charge in [0.1, 0.15) is 11.4 Å². The number of para-hydroxylation sites is 1. The summed E-state index contributed by atoms with van der Waals surface area (Å²) in [4.78, 5) is 17.4. The van der Waals surface area contributed by atoms with E-state index in [0.29, 0.717) is 10.8 Å². The molecule has 0 aliphatic carbocycles. The van der Waals surface area contributed by atoms with Gasteiger partial charge in [0, 0.05) is 38.9 Å². The van der Waals surface area contributed by atoms with Gasteiger partial charge in [-0.3, -0.25) is 9.48 Å². The maximum atomic E-state index is 13.1. The Morgan fingerprint density at radius 2 is 1.60 bits per heavy atom. The highest BCUT2D eigenvalue weighted by molar-refractivity contribution is 7.80. The molecule has 0 spiro atoms. The lowest BCUT2D eigenvalue weighted by molar-refractivity contribution is 0.391. The lowest BCUT2D eigenvalue weighted by Crippen LogP contribution is -2.50. The largest absolute Gasteiger partial charge is 0.508 e. The van der Waals surface area contributed by atoms with Crippen LogP contribution in [0.15, 0.2) is 59.4 Å². The third-order valence-electron chi connectivity index (χ3n) is 5.57. The summed E-state index contributed by atoms with van der Waals surface area (Å²) in [6.45, 7) is 5.05. The molecule has 7 nitrogen and oxygen atoms in total. The van der Waals surface area contributed by atoms with Crippen LogP contribution in [0.4, 0.5) is 11.4 Å². The van der Waals surface area contributed by atoms with Crippen LogP contribution in [0.5, 0.6) is 5.75 Å². The molecule has 1 aliphatic heterocycles.